The Balaban J connectivity index is 0.00000280. The summed E-state index contributed by atoms with van der Waals surface area (Å²) in [5, 5.41) is 30.7. The zero-order valence-corrected chi connectivity index (χ0v) is 21.6. The van der Waals surface area contributed by atoms with E-state index in [4.69, 9.17) is 16.3 Å². The first-order chi connectivity index (χ1) is 17.6. The molecule has 192 valence electrons. The highest BCUT2D eigenvalue weighted by molar-refractivity contribution is 6.34. The summed E-state index contributed by atoms with van der Waals surface area (Å²) in [5.74, 6) is 0.818. The largest absolute Gasteiger partial charge is 0.378 e. The lowest BCUT2D eigenvalue weighted by Crippen LogP contribution is -2.56. The molecule has 0 spiro atoms. The number of nitrogens with zero attached hydrogens (tertiary/aromatic N) is 8. The van der Waals surface area contributed by atoms with Gasteiger partial charge < -0.3 is 15.4 Å². The monoisotopic (exact) mass is 540 g/mol. The molecule has 2 N–H and O–H groups in total. The van der Waals surface area contributed by atoms with Crippen molar-refractivity contribution >= 4 is 47.1 Å². The molecular formula is C24H26Cl2N10O. The van der Waals surface area contributed by atoms with Crippen LogP contribution in [-0.2, 0) is 11.3 Å². The van der Waals surface area contributed by atoms with Gasteiger partial charge in [-0.2, -0.15) is 20.0 Å². The first-order valence-corrected chi connectivity index (χ1v) is 12.4. The van der Waals surface area contributed by atoms with Gasteiger partial charge in [-0.3, -0.25) is 9.80 Å². The molecule has 2 saturated heterocycles. The summed E-state index contributed by atoms with van der Waals surface area (Å²) < 4.78 is 6.80. The zero-order valence-electron chi connectivity index (χ0n) is 20.0. The predicted octanol–water partition coefficient (Wildman–Crippen LogP) is 2.78. The minimum absolute atomic E-state index is 0. The van der Waals surface area contributed by atoms with E-state index in [1.807, 2.05) is 6.07 Å². The molecule has 37 heavy (non-hydrogen) atoms. The van der Waals surface area contributed by atoms with E-state index in [1.54, 1.807) is 6.07 Å². The molecule has 3 aromatic rings. The Morgan fingerprint density at radius 1 is 1.11 bits per heavy atom. The summed E-state index contributed by atoms with van der Waals surface area (Å²) in [6.07, 6.45) is 3.60. The standard InChI is InChI=1S/C24H25ClN10O.ClH/c25-21-16(12-33-3-5-34(6-4-33)19-13-36-14-19)7-15(9-26)8-20(21)30-24-31-22(29-17-1-2-17)23-28-11-18(10-27)35(23)32-24;/h7-8,11,17,19H,1-6,12-14H2,(H2,29,30,31,32);1H. The van der Waals surface area contributed by atoms with Crippen LogP contribution in [0.2, 0.25) is 5.02 Å². The lowest BCUT2D eigenvalue weighted by molar-refractivity contribution is -0.0774. The minimum Gasteiger partial charge on any atom is -0.378 e. The molecule has 1 saturated carbocycles. The van der Waals surface area contributed by atoms with Crippen LogP contribution < -0.4 is 10.6 Å². The quantitative estimate of drug-likeness (QED) is 0.461. The van der Waals surface area contributed by atoms with Crippen LogP contribution in [0.1, 0.15) is 29.7 Å². The number of anilines is 3. The maximum absolute atomic E-state index is 9.67. The van der Waals surface area contributed by atoms with Crippen LogP contribution in [0.15, 0.2) is 18.3 Å². The number of ether oxygens (including phenoxy) is 1. The van der Waals surface area contributed by atoms with Crippen molar-refractivity contribution in [3.63, 3.8) is 0 Å². The molecule has 6 rings (SSSR count). The number of rotatable bonds is 7. The number of hydrogen-bond donors (Lipinski definition) is 2. The average molecular weight is 541 g/mol. The highest BCUT2D eigenvalue weighted by Crippen LogP contribution is 2.32. The van der Waals surface area contributed by atoms with E-state index in [-0.39, 0.29) is 18.4 Å². The summed E-state index contributed by atoms with van der Waals surface area (Å²) >= 11 is 6.84. The predicted molar refractivity (Wildman–Crippen MR) is 140 cm³/mol. The van der Waals surface area contributed by atoms with Gasteiger partial charge in [0, 0.05) is 38.8 Å². The van der Waals surface area contributed by atoms with Crippen molar-refractivity contribution in [3.05, 3.63) is 40.2 Å². The van der Waals surface area contributed by atoms with Crippen LogP contribution >= 0.6 is 24.0 Å². The summed E-state index contributed by atoms with van der Waals surface area (Å²) in [7, 11) is 0. The molecule has 13 heteroatoms. The van der Waals surface area contributed by atoms with Crippen LogP contribution in [0, 0.1) is 22.7 Å². The number of nitrogens with one attached hydrogen (secondary N) is 2. The molecule has 0 radical (unpaired) electrons. The maximum Gasteiger partial charge on any atom is 0.247 e. The Kier molecular flexibility index (Phi) is 7.33. The fraction of sp³-hybridized carbons (Fsp3) is 0.458. The van der Waals surface area contributed by atoms with Gasteiger partial charge in [0.1, 0.15) is 6.07 Å². The highest BCUT2D eigenvalue weighted by atomic mass is 35.5. The third-order valence-electron chi connectivity index (χ3n) is 6.86. The topological polar surface area (TPSA) is 130 Å². The Hall–Kier alpha value is -3.19. The van der Waals surface area contributed by atoms with Crippen molar-refractivity contribution in [1.82, 2.24) is 29.4 Å². The fourth-order valence-electron chi connectivity index (χ4n) is 4.57. The van der Waals surface area contributed by atoms with Gasteiger partial charge in [-0.05, 0) is 30.5 Å². The number of hydrogen-bond acceptors (Lipinski definition) is 10. The first kappa shape index (κ1) is 25.5. The summed E-state index contributed by atoms with van der Waals surface area (Å²) in [6, 6.07) is 8.76. The second-order valence-electron chi connectivity index (χ2n) is 9.43. The molecule has 11 nitrogen and oxygen atoms in total. The number of piperazine rings is 1. The lowest BCUT2D eigenvalue weighted by Gasteiger charge is -2.42. The molecule has 0 bridgehead atoms. The van der Waals surface area contributed by atoms with Gasteiger partial charge in [-0.1, -0.05) is 11.6 Å². The van der Waals surface area contributed by atoms with Gasteiger partial charge in [0.05, 0.1) is 47.8 Å². The van der Waals surface area contributed by atoms with Gasteiger partial charge in [0.15, 0.2) is 17.2 Å². The first-order valence-electron chi connectivity index (χ1n) is 12.1. The molecule has 0 unspecified atom stereocenters. The second-order valence-corrected chi connectivity index (χ2v) is 9.81. The molecule has 2 aromatic heterocycles. The highest BCUT2D eigenvalue weighted by Gasteiger charge is 2.29. The van der Waals surface area contributed by atoms with Gasteiger partial charge in [-0.15, -0.1) is 17.5 Å². The van der Waals surface area contributed by atoms with Crippen LogP contribution in [-0.4, -0.2) is 80.9 Å². The van der Waals surface area contributed by atoms with E-state index in [0.29, 0.717) is 52.1 Å². The zero-order chi connectivity index (χ0) is 24.6. The minimum atomic E-state index is 0. The number of fused-ring (bicyclic) bond motifs is 1. The number of benzene rings is 1. The number of halogens is 2. The normalized spacial score (nSPS) is 18.5. The van der Waals surface area contributed by atoms with Gasteiger partial charge in [0.25, 0.3) is 0 Å². The second kappa shape index (κ2) is 10.7. The van der Waals surface area contributed by atoms with Crippen molar-refractivity contribution in [2.45, 2.75) is 31.5 Å². The van der Waals surface area contributed by atoms with E-state index in [2.05, 4.69) is 47.6 Å². The van der Waals surface area contributed by atoms with Crippen molar-refractivity contribution in [3.8, 4) is 12.1 Å². The van der Waals surface area contributed by atoms with Crippen molar-refractivity contribution in [2.75, 3.05) is 50.0 Å². The molecule has 0 amide bonds. The Bertz CT molecular complexity index is 1380. The van der Waals surface area contributed by atoms with Gasteiger partial charge >= 0.3 is 0 Å². The Morgan fingerprint density at radius 3 is 2.54 bits per heavy atom. The van der Waals surface area contributed by atoms with Crippen LogP contribution in [0.25, 0.3) is 5.65 Å². The number of aromatic nitrogens is 4. The number of imidazole rings is 1. The fourth-order valence-corrected chi connectivity index (χ4v) is 4.78. The van der Waals surface area contributed by atoms with Crippen LogP contribution in [0.3, 0.4) is 0 Å². The molecule has 4 heterocycles. The van der Waals surface area contributed by atoms with Crippen molar-refractivity contribution in [1.29, 1.82) is 10.5 Å². The summed E-state index contributed by atoms with van der Waals surface area (Å²) in [6.45, 7) is 6.14. The van der Waals surface area contributed by atoms with E-state index in [0.717, 1.165) is 57.8 Å². The summed E-state index contributed by atoms with van der Waals surface area (Å²) in [4.78, 5) is 13.8. The smallest absolute Gasteiger partial charge is 0.247 e. The van der Waals surface area contributed by atoms with E-state index < -0.39 is 0 Å². The molecule has 1 aliphatic carbocycles. The molecule has 3 fully saturated rings. The third kappa shape index (κ3) is 5.28. The molecule has 2 aliphatic heterocycles. The van der Waals surface area contributed by atoms with Crippen LogP contribution in [0.4, 0.5) is 17.5 Å². The van der Waals surface area contributed by atoms with E-state index >= 15 is 0 Å². The Morgan fingerprint density at radius 2 is 1.89 bits per heavy atom. The van der Waals surface area contributed by atoms with Crippen LogP contribution in [0.5, 0.6) is 0 Å². The van der Waals surface area contributed by atoms with E-state index in [1.165, 1.54) is 10.7 Å². The van der Waals surface area contributed by atoms with E-state index in [9.17, 15) is 10.5 Å². The summed E-state index contributed by atoms with van der Waals surface area (Å²) in [5.41, 5.74) is 2.72. The van der Waals surface area contributed by atoms with Gasteiger partial charge in [-0.25, -0.2) is 4.98 Å². The van der Waals surface area contributed by atoms with Gasteiger partial charge in [0.2, 0.25) is 5.95 Å². The lowest BCUT2D eigenvalue weighted by atomic mass is 10.1. The Labute approximate surface area is 225 Å². The molecule has 0 atom stereocenters. The molecule has 1 aromatic carbocycles. The molecular weight excluding hydrogens is 515 g/mol. The van der Waals surface area contributed by atoms with Crippen molar-refractivity contribution < 1.29 is 4.74 Å². The maximum atomic E-state index is 9.67. The average Bonchev–Trinajstić information content (AvgIpc) is 3.57. The number of nitriles is 2. The SMILES string of the molecule is Cl.N#Cc1cc(CN2CCN(C3COC3)CC2)c(Cl)c(Nc2nc(NC3CC3)c3ncc(C#N)n3n2)c1. The van der Waals surface area contributed by atoms with Crippen molar-refractivity contribution in [2.24, 2.45) is 0 Å². The third-order valence-corrected chi connectivity index (χ3v) is 7.30. The molecule has 3 aliphatic rings.